The van der Waals surface area contributed by atoms with Crippen LogP contribution in [0.15, 0.2) is 35.9 Å². The molecule has 2 saturated heterocycles. The number of Topliss-reactive ketones (excluding diaryl/α,β-unsaturated/α-hetero) is 1. The third kappa shape index (κ3) is 4.67. The van der Waals surface area contributed by atoms with Gasteiger partial charge in [0.05, 0.1) is 12.1 Å². The predicted octanol–water partition coefficient (Wildman–Crippen LogP) is 2.89. The van der Waals surface area contributed by atoms with Crippen LogP contribution in [0.3, 0.4) is 0 Å². The molecule has 1 saturated carbocycles. The Kier molecular flexibility index (Phi) is 6.51. The van der Waals surface area contributed by atoms with Gasteiger partial charge in [0.1, 0.15) is 5.82 Å². The van der Waals surface area contributed by atoms with E-state index in [0.29, 0.717) is 25.1 Å². The molecule has 1 aromatic rings. The zero-order chi connectivity index (χ0) is 19.5. The molecule has 0 amide bonds. The van der Waals surface area contributed by atoms with Crippen molar-refractivity contribution in [2.45, 2.75) is 31.4 Å². The number of rotatable bonds is 6. The van der Waals surface area contributed by atoms with Crippen LogP contribution in [0.25, 0.3) is 0 Å². The molecule has 2 heterocycles. The maximum atomic E-state index is 14.6. The highest BCUT2D eigenvalue weighted by Crippen LogP contribution is 2.39. The molecule has 28 heavy (non-hydrogen) atoms. The summed E-state index contributed by atoms with van der Waals surface area (Å²) in [6, 6.07) is 6.10. The van der Waals surface area contributed by atoms with Crippen LogP contribution >= 0.6 is 11.8 Å². The summed E-state index contributed by atoms with van der Waals surface area (Å²) in [7, 11) is 0. The molecule has 1 N–H and O–H groups in total. The van der Waals surface area contributed by atoms with Crippen molar-refractivity contribution < 1.29 is 14.3 Å². The van der Waals surface area contributed by atoms with Crippen molar-refractivity contribution in [1.29, 1.82) is 0 Å². The Morgan fingerprint density at radius 2 is 1.96 bits per heavy atom. The van der Waals surface area contributed by atoms with Crippen molar-refractivity contribution in [3.05, 3.63) is 47.3 Å². The summed E-state index contributed by atoms with van der Waals surface area (Å²) >= 11 is 1.98. The van der Waals surface area contributed by atoms with Crippen LogP contribution < -0.4 is 0 Å². The quantitative estimate of drug-likeness (QED) is 0.739. The van der Waals surface area contributed by atoms with Crippen LogP contribution in [0.5, 0.6) is 0 Å². The van der Waals surface area contributed by atoms with Gasteiger partial charge < -0.3 is 5.11 Å². The summed E-state index contributed by atoms with van der Waals surface area (Å²) in [5.74, 6) is 2.19. The Morgan fingerprint density at radius 1 is 1.21 bits per heavy atom. The van der Waals surface area contributed by atoms with Crippen LogP contribution in [0.1, 0.15) is 30.9 Å². The van der Waals surface area contributed by atoms with Crippen LogP contribution in [-0.2, 0) is 4.79 Å². The van der Waals surface area contributed by atoms with E-state index in [0.717, 1.165) is 49.6 Å². The number of benzene rings is 1. The number of halogens is 1. The molecule has 1 aliphatic carbocycles. The number of hydrogen-bond donors (Lipinski definition) is 1. The monoisotopic (exact) mass is 404 g/mol. The van der Waals surface area contributed by atoms with Crippen molar-refractivity contribution in [1.82, 2.24) is 9.80 Å². The van der Waals surface area contributed by atoms with Gasteiger partial charge in [0.15, 0.2) is 5.78 Å². The van der Waals surface area contributed by atoms with Gasteiger partial charge in [0, 0.05) is 55.7 Å². The number of piperidine rings is 1. The second kappa shape index (κ2) is 9.08. The Labute approximate surface area is 170 Å². The first-order chi connectivity index (χ1) is 13.6. The van der Waals surface area contributed by atoms with Gasteiger partial charge in [-0.3, -0.25) is 14.6 Å². The third-order valence-corrected chi connectivity index (χ3v) is 6.98. The number of likely N-dealkylation sites (tertiary alicyclic amines) is 1. The fourth-order valence-corrected chi connectivity index (χ4v) is 5.14. The van der Waals surface area contributed by atoms with E-state index in [1.165, 1.54) is 6.07 Å². The van der Waals surface area contributed by atoms with Crippen molar-refractivity contribution in [2.75, 3.05) is 44.2 Å². The van der Waals surface area contributed by atoms with E-state index >= 15 is 0 Å². The van der Waals surface area contributed by atoms with E-state index in [4.69, 9.17) is 0 Å². The highest BCUT2D eigenvalue weighted by atomic mass is 32.2. The van der Waals surface area contributed by atoms with E-state index in [1.54, 1.807) is 18.2 Å². The molecule has 152 valence electrons. The average Bonchev–Trinajstić information content (AvgIpc) is 3.56. The highest BCUT2D eigenvalue weighted by molar-refractivity contribution is 7.99. The smallest absolute Gasteiger partial charge is 0.157 e. The van der Waals surface area contributed by atoms with E-state index < -0.39 is 12.1 Å². The Morgan fingerprint density at radius 3 is 2.68 bits per heavy atom. The number of hydrogen-bond acceptors (Lipinski definition) is 5. The first-order valence-electron chi connectivity index (χ1n) is 10.3. The first kappa shape index (κ1) is 20.1. The predicted molar refractivity (Wildman–Crippen MR) is 111 cm³/mol. The Bertz CT molecular complexity index is 731. The maximum Gasteiger partial charge on any atom is 0.157 e. The SMILES string of the molecule is O=C(C1CC1)C(c1ccccc1F)N1CCC(O)C(=CCN2CCSCC2)C1. The standard InChI is InChI=1S/C22H29FN2O2S/c23-19-4-2-1-3-18(19)21(22(27)16-5-6-16)25-10-8-20(26)17(15-25)7-9-24-11-13-28-14-12-24/h1-4,7,16,20-21,26H,5-6,8-15H2. The van der Waals surface area contributed by atoms with Gasteiger partial charge >= 0.3 is 0 Å². The lowest BCUT2D eigenvalue weighted by Gasteiger charge is -2.37. The number of carbonyl (C=O) groups is 1. The normalized spacial score (nSPS) is 27.1. The molecule has 3 fully saturated rings. The fraction of sp³-hybridized carbons (Fsp3) is 0.591. The molecule has 2 aliphatic heterocycles. The van der Waals surface area contributed by atoms with Gasteiger partial charge in [-0.2, -0.15) is 11.8 Å². The van der Waals surface area contributed by atoms with E-state index in [9.17, 15) is 14.3 Å². The number of ketones is 1. The van der Waals surface area contributed by atoms with Gasteiger partial charge in [-0.1, -0.05) is 24.3 Å². The van der Waals surface area contributed by atoms with Gasteiger partial charge in [0.2, 0.25) is 0 Å². The zero-order valence-corrected chi connectivity index (χ0v) is 17.0. The molecule has 0 radical (unpaired) electrons. The third-order valence-electron chi connectivity index (χ3n) is 6.03. The van der Waals surface area contributed by atoms with Gasteiger partial charge in [0.25, 0.3) is 0 Å². The summed E-state index contributed by atoms with van der Waals surface area (Å²) in [4.78, 5) is 17.5. The minimum atomic E-state index is -0.545. The molecule has 6 heteroatoms. The van der Waals surface area contributed by atoms with Crippen molar-refractivity contribution in [3.63, 3.8) is 0 Å². The van der Waals surface area contributed by atoms with E-state index in [-0.39, 0.29) is 17.5 Å². The largest absolute Gasteiger partial charge is 0.389 e. The molecule has 0 bridgehead atoms. The number of aliphatic hydroxyl groups is 1. The van der Waals surface area contributed by atoms with Crippen molar-refractivity contribution >= 4 is 17.5 Å². The molecule has 3 aliphatic rings. The summed E-state index contributed by atoms with van der Waals surface area (Å²) in [5.41, 5.74) is 1.44. The molecular formula is C22H29FN2O2S. The van der Waals surface area contributed by atoms with Crippen molar-refractivity contribution in [2.24, 2.45) is 5.92 Å². The molecule has 2 unspecified atom stereocenters. The average molecular weight is 405 g/mol. The van der Waals surface area contributed by atoms with Gasteiger partial charge in [-0.15, -0.1) is 0 Å². The molecule has 1 aromatic carbocycles. The number of nitrogens with zero attached hydrogens (tertiary/aromatic N) is 2. The second-order valence-electron chi connectivity index (χ2n) is 8.07. The summed E-state index contributed by atoms with van der Waals surface area (Å²) in [6.45, 7) is 4.12. The first-order valence-corrected chi connectivity index (χ1v) is 11.5. The van der Waals surface area contributed by atoms with Crippen LogP contribution in [-0.4, -0.2) is 71.0 Å². The van der Waals surface area contributed by atoms with Gasteiger partial charge in [-0.25, -0.2) is 4.39 Å². The summed E-state index contributed by atoms with van der Waals surface area (Å²) in [5, 5.41) is 10.5. The molecule has 2 atom stereocenters. The van der Waals surface area contributed by atoms with Crippen molar-refractivity contribution in [3.8, 4) is 0 Å². The number of carbonyl (C=O) groups excluding carboxylic acids is 1. The lowest BCUT2D eigenvalue weighted by atomic mass is 9.92. The lowest BCUT2D eigenvalue weighted by molar-refractivity contribution is -0.126. The number of thioether (sulfide) groups is 1. The topological polar surface area (TPSA) is 43.8 Å². The highest BCUT2D eigenvalue weighted by Gasteiger charge is 2.40. The van der Waals surface area contributed by atoms with Gasteiger partial charge in [-0.05, 0) is 30.9 Å². The summed E-state index contributed by atoms with van der Waals surface area (Å²) < 4.78 is 14.6. The molecule has 4 nitrogen and oxygen atoms in total. The number of aliphatic hydroxyl groups excluding tert-OH is 1. The Balaban J connectivity index is 1.53. The van der Waals surface area contributed by atoms with Crippen LogP contribution in [0.4, 0.5) is 4.39 Å². The van der Waals surface area contributed by atoms with E-state index in [1.807, 2.05) is 11.8 Å². The van der Waals surface area contributed by atoms with Crippen LogP contribution in [0.2, 0.25) is 0 Å². The van der Waals surface area contributed by atoms with E-state index in [2.05, 4.69) is 15.9 Å². The Hall–Kier alpha value is -1.21. The summed E-state index contributed by atoms with van der Waals surface area (Å²) in [6.07, 6.45) is 4.08. The second-order valence-corrected chi connectivity index (χ2v) is 9.29. The lowest BCUT2D eigenvalue weighted by Crippen LogP contribution is -2.44. The molecular weight excluding hydrogens is 375 g/mol. The van der Waals surface area contributed by atoms with Crippen LogP contribution in [0, 0.1) is 11.7 Å². The molecule has 0 aromatic heterocycles. The maximum absolute atomic E-state index is 14.6. The zero-order valence-electron chi connectivity index (χ0n) is 16.2. The molecule has 4 rings (SSSR count). The minimum Gasteiger partial charge on any atom is -0.389 e. The minimum absolute atomic E-state index is 0.0646. The molecule has 0 spiro atoms. The fourth-order valence-electron chi connectivity index (χ4n) is 4.16.